The van der Waals surface area contributed by atoms with Crippen LogP contribution < -0.4 is 5.32 Å². The fraction of sp³-hybridized carbons (Fsp3) is 1.00. The van der Waals surface area contributed by atoms with E-state index in [4.69, 9.17) is 4.74 Å². The minimum atomic E-state index is 0.508. The van der Waals surface area contributed by atoms with Crippen LogP contribution in [-0.2, 0) is 4.74 Å². The summed E-state index contributed by atoms with van der Waals surface area (Å²) in [4.78, 5) is 4.91. The number of piperazine rings is 1. The summed E-state index contributed by atoms with van der Waals surface area (Å²) in [5.41, 5.74) is 0. The summed E-state index contributed by atoms with van der Waals surface area (Å²) in [5.74, 6) is 0. The van der Waals surface area contributed by atoms with E-state index in [0.717, 1.165) is 26.2 Å². The predicted molar refractivity (Wildman–Crippen MR) is 65.8 cm³/mol. The third-order valence-electron chi connectivity index (χ3n) is 3.64. The Hall–Kier alpha value is -0.160. The van der Waals surface area contributed by atoms with Crippen LogP contribution in [0.25, 0.3) is 0 Å². The SMILES string of the molecule is CN1CCN(CCOC2CCNCC2)CC1. The van der Waals surface area contributed by atoms with Crippen molar-refractivity contribution in [3.05, 3.63) is 0 Å². The number of piperidine rings is 1. The minimum absolute atomic E-state index is 0.508. The maximum atomic E-state index is 5.92. The second-order valence-corrected chi connectivity index (χ2v) is 4.97. The molecular weight excluding hydrogens is 202 g/mol. The van der Waals surface area contributed by atoms with Crippen molar-refractivity contribution in [2.75, 3.05) is 59.5 Å². The van der Waals surface area contributed by atoms with E-state index >= 15 is 0 Å². The standard InChI is InChI=1S/C12H25N3O/c1-14-6-8-15(9-7-14)10-11-16-12-2-4-13-5-3-12/h12-13H,2-11H2,1H3. The first-order chi connectivity index (χ1) is 7.84. The molecule has 2 aliphatic rings. The predicted octanol–water partition coefficient (Wildman–Crippen LogP) is 0.00240. The van der Waals surface area contributed by atoms with Crippen LogP contribution >= 0.6 is 0 Å². The number of ether oxygens (including phenoxy) is 1. The summed E-state index contributed by atoms with van der Waals surface area (Å²) < 4.78 is 5.92. The summed E-state index contributed by atoms with van der Waals surface area (Å²) in [6, 6.07) is 0. The highest BCUT2D eigenvalue weighted by Gasteiger charge is 2.15. The van der Waals surface area contributed by atoms with E-state index in [2.05, 4.69) is 22.2 Å². The topological polar surface area (TPSA) is 27.7 Å². The van der Waals surface area contributed by atoms with Gasteiger partial charge in [0, 0.05) is 32.7 Å². The molecule has 0 aromatic heterocycles. The lowest BCUT2D eigenvalue weighted by molar-refractivity contribution is 0.0142. The third kappa shape index (κ3) is 4.01. The molecule has 2 saturated heterocycles. The van der Waals surface area contributed by atoms with Crippen LogP contribution in [0.3, 0.4) is 0 Å². The Morgan fingerprint density at radius 3 is 2.50 bits per heavy atom. The summed E-state index contributed by atoms with van der Waals surface area (Å²) in [6.45, 7) is 9.07. The molecule has 1 N–H and O–H groups in total. The maximum absolute atomic E-state index is 5.92. The first-order valence-electron chi connectivity index (χ1n) is 6.58. The second kappa shape index (κ2) is 6.55. The highest BCUT2D eigenvalue weighted by atomic mass is 16.5. The van der Waals surface area contributed by atoms with Crippen molar-refractivity contribution in [3.63, 3.8) is 0 Å². The lowest BCUT2D eigenvalue weighted by Gasteiger charge is -2.32. The summed E-state index contributed by atoms with van der Waals surface area (Å²) in [6.07, 6.45) is 2.87. The highest BCUT2D eigenvalue weighted by molar-refractivity contribution is 4.71. The molecule has 0 saturated carbocycles. The molecule has 4 heteroatoms. The van der Waals surface area contributed by atoms with Gasteiger partial charge in [-0.15, -0.1) is 0 Å². The van der Waals surface area contributed by atoms with E-state index in [-0.39, 0.29) is 0 Å². The van der Waals surface area contributed by atoms with Crippen LogP contribution in [0.5, 0.6) is 0 Å². The number of nitrogens with zero attached hydrogens (tertiary/aromatic N) is 2. The van der Waals surface area contributed by atoms with Crippen molar-refractivity contribution in [3.8, 4) is 0 Å². The van der Waals surface area contributed by atoms with Gasteiger partial charge in [-0.05, 0) is 33.0 Å². The van der Waals surface area contributed by atoms with Crippen molar-refractivity contribution in [1.82, 2.24) is 15.1 Å². The molecule has 0 amide bonds. The molecule has 0 spiro atoms. The van der Waals surface area contributed by atoms with Gasteiger partial charge in [-0.25, -0.2) is 0 Å². The molecule has 4 nitrogen and oxygen atoms in total. The second-order valence-electron chi connectivity index (χ2n) is 4.97. The highest BCUT2D eigenvalue weighted by Crippen LogP contribution is 2.07. The number of nitrogens with one attached hydrogen (secondary N) is 1. The zero-order valence-electron chi connectivity index (χ0n) is 10.5. The zero-order valence-corrected chi connectivity index (χ0v) is 10.5. The molecule has 16 heavy (non-hydrogen) atoms. The molecular formula is C12H25N3O. The molecule has 0 aromatic rings. The van der Waals surface area contributed by atoms with Crippen LogP contribution in [0.4, 0.5) is 0 Å². The summed E-state index contributed by atoms with van der Waals surface area (Å²) in [5, 5.41) is 3.36. The van der Waals surface area contributed by atoms with E-state index in [0.29, 0.717) is 6.10 Å². The van der Waals surface area contributed by atoms with E-state index in [9.17, 15) is 0 Å². The monoisotopic (exact) mass is 227 g/mol. The van der Waals surface area contributed by atoms with Crippen LogP contribution in [0.1, 0.15) is 12.8 Å². The van der Waals surface area contributed by atoms with Gasteiger partial charge in [-0.1, -0.05) is 0 Å². The average Bonchev–Trinajstić information content (AvgIpc) is 2.33. The number of likely N-dealkylation sites (N-methyl/N-ethyl adjacent to an activating group) is 1. The Bertz CT molecular complexity index is 187. The molecule has 0 bridgehead atoms. The van der Waals surface area contributed by atoms with E-state index < -0.39 is 0 Å². The molecule has 0 radical (unpaired) electrons. The summed E-state index contributed by atoms with van der Waals surface area (Å²) >= 11 is 0. The number of hydrogen-bond acceptors (Lipinski definition) is 4. The maximum Gasteiger partial charge on any atom is 0.0600 e. The van der Waals surface area contributed by atoms with E-state index in [1.54, 1.807) is 0 Å². The lowest BCUT2D eigenvalue weighted by Crippen LogP contribution is -2.45. The van der Waals surface area contributed by atoms with E-state index in [1.807, 2.05) is 0 Å². The smallest absolute Gasteiger partial charge is 0.0600 e. The van der Waals surface area contributed by atoms with Crippen LogP contribution in [0.2, 0.25) is 0 Å². The molecule has 0 aromatic carbocycles. The fourth-order valence-corrected chi connectivity index (χ4v) is 2.38. The molecule has 0 atom stereocenters. The number of rotatable bonds is 4. The van der Waals surface area contributed by atoms with Crippen molar-refractivity contribution in [2.45, 2.75) is 18.9 Å². The van der Waals surface area contributed by atoms with Crippen molar-refractivity contribution in [2.24, 2.45) is 0 Å². The molecule has 2 aliphatic heterocycles. The Balaban J connectivity index is 1.53. The van der Waals surface area contributed by atoms with Crippen molar-refractivity contribution < 1.29 is 4.74 Å². The summed E-state index contributed by atoms with van der Waals surface area (Å²) in [7, 11) is 2.20. The quantitative estimate of drug-likeness (QED) is 0.732. The fourth-order valence-electron chi connectivity index (χ4n) is 2.38. The van der Waals surface area contributed by atoms with Gasteiger partial charge in [0.1, 0.15) is 0 Å². The van der Waals surface area contributed by atoms with Gasteiger partial charge in [0.15, 0.2) is 0 Å². The first-order valence-corrected chi connectivity index (χ1v) is 6.58. The lowest BCUT2D eigenvalue weighted by atomic mass is 10.1. The Kier molecular flexibility index (Phi) is 5.03. The van der Waals surface area contributed by atoms with Gasteiger partial charge in [-0.3, -0.25) is 4.90 Å². The largest absolute Gasteiger partial charge is 0.377 e. The minimum Gasteiger partial charge on any atom is -0.377 e. The van der Waals surface area contributed by atoms with E-state index in [1.165, 1.54) is 39.0 Å². The van der Waals surface area contributed by atoms with Crippen molar-refractivity contribution >= 4 is 0 Å². The Labute approximate surface area is 98.9 Å². The van der Waals surface area contributed by atoms with Gasteiger partial charge in [0.25, 0.3) is 0 Å². The normalized spacial score (nSPS) is 26.1. The zero-order chi connectivity index (χ0) is 11.2. The molecule has 2 fully saturated rings. The van der Waals surface area contributed by atoms with Gasteiger partial charge >= 0.3 is 0 Å². The molecule has 94 valence electrons. The third-order valence-corrected chi connectivity index (χ3v) is 3.64. The molecule has 2 heterocycles. The molecule has 0 unspecified atom stereocenters. The Morgan fingerprint density at radius 2 is 1.81 bits per heavy atom. The van der Waals surface area contributed by atoms with Crippen LogP contribution in [0, 0.1) is 0 Å². The van der Waals surface area contributed by atoms with Gasteiger partial charge in [0.05, 0.1) is 12.7 Å². The van der Waals surface area contributed by atoms with Crippen molar-refractivity contribution in [1.29, 1.82) is 0 Å². The Morgan fingerprint density at radius 1 is 1.12 bits per heavy atom. The van der Waals surface area contributed by atoms with Gasteiger partial charge in [0.2, 0.25) is 0 Å². The van der Waals surface area contributed by atoms with Gasteiger partial charge in [-0.2, -0.15) is 0 Å². The molecule has 2 rings (SSSR count). The van der Waals surface area contributed by atoms with Crippen LogP contribution in [0.15, 0.2) is 0 Å². The molecule has 0 aliphatic carbocycles. The van der Waals surface area contributed by atoms with Gasteiger partial charge < -0.3 is 15.0 Å². The average molecular weight is 227 g/mol. The number of hydrogen-bond donors (Lipinski definition) is 1. The first kappa shape index (κ1) is 12.3. The van der Waals surface area contributed by atoms with Crippen LogP contribution in [-0.4, -0.2) is 75.4 Å².